The predicted molar refractivity (Wildman–Crippen MR) is 115 cm³/mol. The Morgan fingerprint density at radius 2 is 2.15 bits per heavy atom. The summed E-state index contributed by atoms with van der Waals surface area (Å²) in [5, 5.41) is 6.43. The van der Waals surface area contributed by atoms with E-state index in [1.165, 1.54) is 17.7 Å². The molecule has 1 fully saturated rings. The van der Waals surface area contributed by atoms with Crippen LogP contribution in [0.5, 0.6) is 0 Å². The monoisotopic (exact) mass is 445 g/mol. The molecule has 27 heavy (non-hydrogen) atoms. The molecule has 1 saturated heterocycles. The Hall–Kier alpha value is -1.63. The highest BCUT2D eigenvalue weighted by Gasteiger charge is 2.25. The molecule has 1 amide bonds. The van der Waals surface area contributed by atoms with Gasteiger partial charge in [0.05, 0.1) is 12.5 Å². The fourth-order valence-electron chi connectivity index (χ4n) is 3.96. The van der Waals surface area contributed by atoms with Crippen LogP contribution in [0.1, 0.15) is 35.0 Å². The van der Waals surface area contributed by atoms with E-state index in [1.807, 2.05) is 19.1 Å². The lowest BCUT2D eigenvalue weighted by Crippen LogP contribution is -2.37. The number of halogens is 1. The average molecular weight is 446 g/mol. The van der Waals surface area contributed by atoms with Gasteiger partial charge in [-0.1, -0.05) is 22.0 Å². The third kappa shape index (κ3) is 4.13. The number of thiophene rings is 1. The minimum atomic E-state index is 0.0831. The number of aromatic nitrogens is 1. The van der Waals surface area contributed by atoms with Crippen LogP contribution < -0.4 is 5.32 Å². The van der Waals surface area contributed by atoms with Crippen molar-refractivity contribution in [2.75, 3.05) is 19.6 Å². The van der Waals surface area contributed by atoms with Gasteiger partial charge in [-0.05, 0) is 68.1 Å². The molecule has 1 aromatic carbocycles. The largest absolute Gasteiger partial charge is 0.358 e. The first-order valence-corrected chi connectivity index (χ1v) is 11.1. The van der Waals surface area contributed by atoms with E-state index in [4.69, 9.17) is 0 Å². The quantitative estimate of drug-likeness (QED) is 0.572. The number of hydrogen-bond acceptors (Lipinski definition) is 3. The molecule has 1 unspecified atom stereocenters. The Labute approximate surface area is 172 Å². The summed E-state index contributed by atoms with van der Waals surface area (Å²) in [6, 6.07) is 10.7. The lowest BCUT2D eigenvalue weighted by molar-refractivity contribution is -0.120. The second-order valence-electron chi connectivity index (χ2n) is 7.17. The Balaban J connectivity index is 1.46. The first kappa shape index (κ1) is 18.7. The topological polar surface area (TPSA) is 48.1 Å². The minimum Gasteiger partial charge on any atom is -0.358 e. The van der Waals surface area contributed by atoms with Crippen molar-refractivity contribution in [3.8, 4) is 0 Å². The van der Waals surface area contributed by atoms with E-state index in [9.17, 15) is 4.79 Å². The maximum absolute atomic E-state index is 12.7. The lowest BCUT2D eigenvalue weighted by atomic mass is 10.1. The van der Waals surface area contributed by atoms with E-state index < -0.39 is 0 Å². The van der Waals surface area contributed by atoms with Crippen LogP contribution in [0.3, 0.4) is 0 Å². The van der Waals surface area contributed by atoms with Crippen molar-refractivity contribution in [1.82, 2.24) is 15.2 Å². The van der Waals surface area contributed by atoms with Gasteiger partial charge < -0.3 is 10.3 Å². The number of aryl methyl sites for hydroxylation is 1. The van der Waals surface area contributed by atoms with E-state index in [-0.39, 0.29) is 11.9 Å². The van der Waals surface area contributed by atoms with Gasteiger partial charge in [-0.2, -0.15) is 0 Å². The van der Waals surface area contributed by atoms with Crippen molar-refractivity contribution < 1.29 is 4.79 Å². The molecular formula is C21H24BrN3OS. The van der Waals surface area contributed by atoms with Gasteiger partial charge in [-0.3, -0.25) is 9.69 Å². The highest BCUT2D eigenvalue weighted by molar-refractivity contribution is 9.10. The number of carbonyl (C=O) groups is 1. The zero-order valence-electron chi connectivity index (χ0n) is 15.4. The fraction of sp³-hybridized carbons (Fsp3) is 0.381. The van der Waals surface area contributed by atoms with Crippen molar-refractivity contribution in [3.05, 3.63) is 56.3 Å². The molecule has 3 aromatic rings. The van der Waals surface area contributed by atoms with Crippen LogP contribution in [0.4, 0.5) is 0 Å². The highest BCUT2D eigenvalue weighted by Crippen LogP contribution is 2.28. The molecule has 4 nitrogen and oxygen atoms in total. The van der Waals surface area contributed by atoms with E-state index in [0.717, 1.165) is 39.7 Å². The molecule has 3 heterocycles. The van der Waals surface area contributed by atoms with Gasteiger partial charge in [0.25, 0.3) is 0 Å². The van der Waals surface area contributed by atoms with Crippen LogP contribution in [0, 0.1) is 6.92 Å². The van der Waals surface area contributed by atoms with Crippen LogP contribution in [0.15, 0.2) is 40.2 Å². The van der Waals surface area contributed by atoms with Crippen molar-refractivity contribution in [2.45, 2.75) is 32.2 Å². The molecule has 2 N–H and O–H groups in total. The second kappa shape index (κ2) is 8.17. The maximum atomic E-state index is 12.7. The maximum Gasteiger partial charge on any atom is 0.224 e. The van der Waals surface area contributed by atoms with Gasteiger partial charge in [0.2, 0.25) is 5.91 Å². The van der Waals surface area contributed by atoms with Crippen LogP contribution in [-0.4, -0.2) is 35.4 Å². The first-order chi connectivity index (χ1) is 13.1. The summed E-state index contributed by atoms with van der Waals surface area (Å²) in [6.45, 7) is 4.95. The molecule has 1 atom stereocenters. The van der Waals surface area contributed by atoms with E-state index in [0.29, 0.717) is 13.0 Å². The summed E-state index contributed by atoms with van der Waals surface area (Å²) >= 11 is 5.31. The van der Waals surface area contributed by atoms with Gasteiger partial charge in [-0.15, -0.1) is 11.3 Å². The Kier molecular flexibility index (Phi) is 5.66. The van der Waals surface area contributed by atoms with E-state index in [1.54, 1.807) is 11.3 Å². The normalized spacial score (nSPS) is 16.1. The van der Waals surface area contributed by atoms with E-state index in [2.05, 4.69) is 54.7 Å². The number of amides is 1. The van der Waals surface area contributed by atoms with Crippen molar-refractivity contribution in [2.24, 2.45) is 0 Å². The summed E-state index contributed by atoms with van der Waals surface area (Å²) in [5.74, 6) is 0.0831. The van der Waals surface area contributed by atoms with Gasteiger partial charge in [0.1, 0.15) is 0 Å². The number of benzene rings is 1. The van der Waals surface area contributed by atoms with Crippen LogP contribution >= 0.6 is 27.3 Å². The number of rotatable bonds is 6. The third-order valence-corrected chi connectivity index (χ3v) is 6.83. The van der Waals surface area contributed by atoms with E-state index >= 15 is 0 Å². The van der Waals surface area contributed by atoms with Gasteiger partial charge in [-0.25, -0.2) is 0 Å². The molecule has 1 aliphatic heterocycles. The number of hydrogen-bond donors (Lipinski definition) is 2. The van der Waals surface area contributed by atoms with Crippen molar-refractivity contribution >= 4 is 44.1 Å². The van der Waals surface area contributed by atoms with Crippen molar-refractivity contribution in [3.63, 3.8) is 0 Å². The predicted octanol–water partition coefficient (Wildman–Crippen LogP) is 4.80. The molecule has 0 spiro atoms. The summed E-state index contributed by atoms with van der Waals surface area (Å²) < 4.78 is 1.03. The molecule has 0 bridgehead atoms. The minimum absolute atomic E-state index is 0.0831. The molecule has 6 heteroatoms. The number of H-pyrrole nitrogens is 1. The Morgan fingerprint density at radius 1 is 1.33 bits per heavy atom. The standard InChI is InChI=1S/C21H24BrN3OS/c1-14-16(17-11-15(22)6-7-18(17)24-14)12-21(26)23-13-19(20-5-4-10-27-20)25-8-2-3-9-25/h4-7,10-11,19,24H,2-3,8-9,12-13H2,1H3,(H,23,26). The zero-order valence-corrected chi connectivity index (χ0v) is 17.8. The molecule has 1 aliphatic rings. The molecular weight excluding hydrogens is 422 g/mol. The lowest BCUT2D eigenvalue weighted by Gasteiger charge is -2.27. The molecule has 4 rings (SSSR count). The SMILES string of the molecule is Cc1[nH]c2ccc(Br)cc2c1CC(=O)NCC(c1cccs1)N1CCCC1. The Morgan fingerprint density at radius 3 is 2.89 bits per heavy atom. The van der Waals surface area contributed by atoms with Crippen molar-refractivity contribution in [1.29, 1.82) is 0 Å². The number of likely N-dealkylation sites (tertiary alicyclic amines) is 1. The smallest absolute Gasteiger partial charge is 0.224 e. The number of nitrogens with zero attached hydrogens (tertiary/aromatic N) is 1. The second-order valence-corrected chi connectivity index (χ2v) is 9.07. The molecule has 0 aliphatic carbocycles. The summed E-state index contributed by atoms with van der Waals surface area (Å²) in [5.41, 5.74) is 3.22. The average Bonchev–Trinajstić information content (AvgIpc) is 3.39. The summed E-state index contributed by atoms with van der Waals surface area (Å²) in [4.78, 5) is 20.0. The number of aromatic amines is 1. The molecule has 142 valence electrons. The van der Waals surface area contributed by atoms with Gasteiger partial charge in [0, 0.05) is 32.5 Å². The van der Waals surface area contributed by atoms with Gasteiger partial charge in [0.15, 0.2) is 0 Å². The summed E-state index contributed by atoms with van der Waals surface area (Å²) in [7, 11) is 0. The van der Waals surface area contributed by atoms with Crippen LogP contribution in [0.25, 0.3) is 10.9 Å². The summed E-state index contributed by atoms with van der Waals surface area (Å²) in [6.07, 6.45) is 2.90. The molecule has 0 radical (unpaired) electrons. The molecule has 2 aromatic heterocycles. The van der Waals surface area contributed by atoms with Crippen LogP contribution in [-0.2, 0) is 11.2 Å². The third-order valence-electron chi connectivity index (χ3n) is 5.36. The number of fused-ring (bicyclic) bond motifs is 1. The fourth-order valence-corrected chi connectivity index (χ4v) is 5.18. The zero-order chi connectivity index (χ0) is 18.8. The molecule has 0 saturated carbocycles. The van der Waals surface area contributed by atoms with Crippen LogP contribution in [0.2, 0.25) is 0 Å². The number of carbonyl (C=O) groups excluding carboxylic acids is 1. The Bertz CT molecular complexity index is 928. The first-order valence-electron chi connectivity index (χ1n) is 9.42. The highest BCUT2D eigenvalue weighted by atomic mass is 79.9. The van der Waals surface area contributed by atoms with Gasteiger partial charge >= 0.3 is 0 Å². The number of nitrogens with one attached hydrogen (secondary N) is 2.